The number of hydrogen-bond acceptors (Lipinski definition) is 5. The molecule has 0 aliphatic carbocycles. The van der Waals surface area contributed by atoms with Gasteiger partial charge in [-0.3, -0.25) is 4.79 Å². The van der Waals surface area contributed by atoms with E-state index in [0.29, 0.717) is 24.3 Å². The Balaban J connectivity index is 2.29. The Kier molecular flexibility index (Phi) is 3.67. The van der Waals surface area contributed by atoms with Crippen LogP contribution in [0.25, 0.3) is 0 Å². The monoisotopic (exact) mass is 279 g/mol. The normalized spacial score (nSPS) is 12.4. The van der Waals surface area contributed by atoms with E-state index in [9.17, 15) is 14.4 Å². The van der Waals surface area contributed by atoms with Gasteiger partial charge in [0, 0.05) is 20.0 Å². The van der Waals surface area contributed by atoms with Crippen LogP contribution in [0, 0.1) is 0 Å². The molecule has 0 saturated heterocycles. The Labute approximate surface area is 114 Å². The van der Waals surface area contributed by atoms with Crippen LogP contribution in [-0.2, 0) is 18.4 Å². The molecule has 0 amide bonds. The van der Waals surface area contributed by atoms with Crippen molar-refractivity contribution in [1.29, 1.82) is 0 Å². The molecule has 8 nitrogen and oxygen atoms in total. The second kappa shape index (κ2) is 5.26. The zero-order valence-electron chi connectivity index (χ0n) is 11.3. The standard InChI is InChI=1S/C12H14N4O4/c1-14-7-13-10-9(14)11(19)16(12(20)15(10)2)6-4-3-5-8(17)18/h3-6H2,1-2H3/p+1. The summed E-state index contributed by atoms with van der Waals surface area (Å²) in [5, 5.41) is 8.56. The van der Waals surface area contributed by atoms with Gasteiger partial charge in [-0.1, -0.05) is 0 Å². The number of aliphatic carboxylic acids is 1. The fourth-order valence-corrected chi connectivity index (χ4v) is 2.08. The van der Waals surface area contributed by atoms with Crippen LogP contribution >= 0.6 is 0 Å². The summed E-state index contributed by atoms with van der Waals surface area (Å²) in [6.07, 6.45) is 3.51. The van der Waals surface area contributed by atoms with Gasteiger partial charge in [0.15, 0.2) is 0 Å². The van der Waals surface area contributed by atoms with Crippen molar-refractivity contribution >= 4 is 23.8 Å². The summed E-state index contributed by atoms with van der Waals surface area (Å²) < 4.78 is 2.41. The Morgan fingerprint density at radius 2 is 2.00 bits per heavy atom. The summed E-state index contributed by atoms with van der Waals surface area (Å²) in [5.74, 6) is -0.591. The van der Waals surface area contributed by atoms with E-state index in [1.807, 2.05) is 0 Å². The fraction of sp³-hybridized carbons (Fsp3) is 0.500. The first-order chi connectivity index (χ1) is 9.43. The molecule has 1 aromatic heterocycles. The van der Waals surface area contributed by atoms with Crippen molar-refractivity contribution < 1.29 is 9.90 Å². The maximum absolute atomic E-state index is 12.3. The van der Waals surface area contributed by atoms with Crippen LogP contribution < -0.4 is 16.1 Å². The summed E-state index contributed by atoms with van der Waals surface area (Å²) in [7, 11) is 3.18. The van der Waals surface area contributed by atoms with Crippen LogP contribution in [-0.4, -0.2) is 33.6 Å². The van der Waals surface area contributed by atoms with Crippen molar-refractivity contribution in [3.63, 3.8) is 0 Å². The maximum atomic E-state index is 12.3. The molecule has 106 valence electrons. The molecule has 0 radical (unpaired) electrons. The lowest BCUT2D eigenvalue weighted by atomic mass is 10.2. The molecule has 0 atom stereocenters. The molecule has 2 heterocycles. The van der Waals surface area contributed by atoms with E-state index in [-0.39, 0.29) is 13.0 Å². The minimum absolute atomic E-state index is 0.0246. The predicted octanol–water partition coefficient (Wildman–Crippen LogP) is -0.212. The van der Waals surface area contributed by atoms with E-state index in [2.05, 4.69) is 11.3 Å². The number of anilines is 1. The van der Waals surface area contributed by atoms with Gasteiger partial charge in [-0.15, -0.1) is 0 Å². The molecular weight excluding hydrogens is 264 g/mol. The number of rotatable bonds is 5. The lowest BCUT2D eigenvalue weighted by molar-refractivity contribution is -0.137. The molecule has 20 heavy (non-hydrogen) atoms. The third kappa shape index (κ3) is 2.33. The highest BCUT2D eigenvalue weighted by molar-refractivity contribution is 5.90. The minimum atomic E-state index is -0.887. The van der Waals surface area contributed by atoms with Gasteiger partial charge < -0.3 is 5.11 Å². The van der Waals surface area contributed by atoms with Crippen molar-refractivity contribution in [3.05, 3.63) is 20.8 Å². The Morgan fingerprint density at radius 1 is 1.30 bits per heavy atom. The number of nitrogens with zero attached hydrogens (tertiary/aromatic N) is 4. The third-order valence-electron chi connectivity index (χ3n) is 3.16. The van der Waals surface area contributed by atoms with Crippen LogP contribution in [0.4, 0.5) is 11.5 Å². The summed E-state index contributed by atoms with van der Waals surface area (Å²) in [6, 6.07) is 0. The topological polar surface area (TPSA) is 96.9 Å². The summed E-state index contributed by atoms with van der Waals surface area (Å²) in [6.45, 7) is 0.194. The molecule has 0 unspecified atom stereocenters. The van der Waals surface area contributed by atoms with Crippen molar-refractivity contribution in [2.24, 2.45) is 12.0 Å². The van der Waals surface area contributed by atoms with E-state index >= 15 is 0 Å². The summed E-state index contributed by atoms with van der Waals surface area (Å²) in [5.41, 5.74) is -0.565. The molecule has 0 fully saturated rings. The van der Waals surface area contributed by atoms with Crippen molar-refractivity contribution in [2.45, 2.75) is 25.8 Å². The van der Waals surface area contributed by atoms with E-state index < -0.39 is 17.2 Å². The Bertz CT molecular complexity index is 686. The molecule has 1 aliphatic rings. The van der Waals surface area contributed by atoms with Gasteiger partial charge in [0.1, 0.15) is 0 Å². The van der Waals surface area contributed by atoms with Gasteiger partial charge in [-0.25, -0.2) is 18.7 Å². The quantitative estimate of drug-likeness (QED) is 0.594. The van der Waals surface area contributed by atoms with Crippen molar-refractivity contribution in [1.82, 2.24) is 9.13 Å². The van der Waals surface area contributed by atoms with E-state index in [1.165, 1.54) is 9.47 Å². The third-order valence-corrected chi connectivity index (χ3v) is 3.16. The second-order valence-electron chi connectivity index (χ2n) is 4.59. The molecule has 0 aromatic carbocycles. The summed E-state index contributed by atoms with van der Waals surface area (Å²) in [4.78, 5) is 40.1. The molecule has 1 aliphatic heterocycles. The Morgan fingerprint density at radius 3 is 2.65 bits per heavy atom. The number of aromatic nitrogens is 2. The largest absolute Gasteiger partial charge is 0.481 e. The van der Waals surface area contributed by atoms with Gasteiger partial charge >= 0.3 is 28.7 Å². The maximum Gasteiger partial charge on any atom is 0.353 e. The predicted molar refractivity (Wildman–Crippen MR) is 72.9 cm³/mol. The van der Waals surface area contributed by atoms with Crippen LogP contribution in [0.3, 0.4) is 0 Å². The van der Waals surface area contributed by atoms with Gasteiger partial charge in [-0.05, 0) is 17.8 Å². The van der Waals surface area contributed by atoms with Crippen molar-refractivity contribution in [2.75, 3.05) is 11.9 Å². The van der Waals surface area contributed by atoms with Crippen LogP contribution in [0.15, 0.2) is 14.6 Å². The zero-order chi connectivity index (χ0) is 14.9. The van der Waals surface area contributed by atoms with E-state index in [1.54, 1.807) is 14.1 Å². The highest BCUT2D eigenvalue weighted by atomic mass is 16.4. The SMILES string of the molecule is CN1[C+]=Nc2c1c(=O)n(CCCCC(=O)O)c(=O)n2C. The zero-order valence-corrected chi connectivity index (χ0v) is 11.3. The number of carboxylic acids is 1. The average molecular weight is 279 g/mol. The lowest BCUT2D eigenvalue weighted by Crippen LogP contribution is -2.40. The highest BCUT2D eigenvalue weighted by Crippen LogP contribution is 2.25. The fourth-order valence-electron chi connectivity index (χ4n) is 2.08. The average Bonchev–Trinajstić information content (AvgIpc) is 2.77. The first-order valence-electron chi connectivity index (χ1n) is 6.19. The first kappa shape index (κ1) is 14.0. The second-order valence-corrected chi connectivity index (χ2v) is 4.59. The Hall–Kier alpha value is -2.47. The van der Waals surface area contributed by atoms with Crippen LogP contribution in [0.5, 0.6) is 0 Å². The van der Waals surface area contributed by atoms with Gasteiger partial charge in [0.2, 0.25) is 0 Å². The molecule has 1 aromatic rings. The molecule has 0 spiro atoms. The lowest BCUT2D eigenvalue weighted by Gasteiger charge is -2.06. The molecule has 2 rings (SSSR count). The molecular formula is C12H15N4O4+. The van der Waals surface area contributed by atoms with Gasteiger partial charge in [0.05, 0.1) is 7.05 Å². The number of fused-ring (bicyclic) bond motifs is 1. The molecule has 0 saturated carbocycles. The van der Waals surface area contributed by atoms with E-state index in [4.69, 9.17) is 5.11 Å². The molecule has 1 N–H and O–H groups in total. The van der Waals surface area contributed by atoms with E-state index in [0.717, 1.165) is 4.57 Å². The molecule has 0 bridgehead atoms. The smallest absolute Gasteiger partial charge is 0.353 e. The highest BCUT2D eigenvalue weighted by Gasteiger charge is 2.34. The van der Waals surface area contributed by atoms with Gasteiger partial charge in [0.25, 0.3) is 6.34 Å². The van der Waals surface area contributed by atoms with Crippen LogP contribution in [0.2, 0.25) is 0 Å². The van der Waals surface area contributed by atoms with Crippen LogP contribution in [0.1, 0.15) is 19.3 Å². The number of carbonyl (C=O) groups is 1. The number of carboxylic acid groups (broad SMARTS) is 1. The number of hydrogen-bond donors (Lipinski definition) is 1. The number of unbranched alkanes of at least 4 members (excludes halogenated alkanes) is 1. The minimum Gasteiger partial charge on any atom is -0.481 e. The van der Waals surface area contributed by atoms with Gasteiger partial charge in [-0.2, -0.15) is 4.90 Å². The summed E-state index contributed by atoms with van der Waals surface area (Å²) >= 11 is 0. The first-order valence-corrected chi connectivity index (χ1v) is 6.19. The van der Waals surface area contributed by atoms with Crippen molar-refractivity contribution in [3.8, 4) is 0 Å². The number of aliphatic imine (C=N–C) groups is 1. The molecule has 8 heteroatoms.